The first kappa shape index (κ1) is 22.7. The molecule has 0 aromatic heterocycles. The largest absolute Gasteiger partial charge is 2.00 e. The molecule has 0 rings (SSSR count). The van der Waals surface area contributed by atoms with Crippen LogP contribution in [0.5, 0.6) is 0 Å². The van der Waals surface area contributed by atoms with Gasteiger partial charge in [-0.3, -0.25) is 0 Å². The van der Waals surface area contributed by atoms with Crippen molar-refractivity contribution in [1.29, 1.82) is 0 Å². The summed E-state index contributed by atoms with van der Waals surface area (Å²) < 4.78 is 0. The van der Waals surface area contributed by atoms with E-state index in [1.54, 1.807) is 0 Å². The third-order valence-corrected chi connectivity index (χ3v) is 0.333. The van der Waals surface area contributed by atoms with Crippen LogP contribution in [0.2, 0.25) is 0 Å². The predicted molar refractivity (Wildman–Crippen MR) is 37.5 cm³/mol. The summed E-state index contributed by atoms with van der Waals surface area (Å²) in [7, 11) is 0. The zero-order valence-corrected chi connectivity index (χ0v) is 8.62. The van der Waals surface area contributed by atoms with Gasteiger partial charge >= 0.3 is 37.7 Å². The fourth-order valence-corrected chi connectivity index (χ4v) is 0. The van der Waals surface area contributed by atoms with Gasteiger partial charge in [-0.25, -0.2) is 0 Å². The first-order valence-electron chi connectivity index (χ1n) is 2.34. The summed E-state index contributed by atoms with van der Waals surface area (Å²) in [5, 5.41) is 18.3. The Morgan fingerprint density at radius 2 is 1.08 bits per heavy atom. The summed E-state index contributed by atoms with van der Waals surface area (Å²) in [5.41, 5.74) is 9.02. The summed E-state index contributed by atoms with van der Waals surface area (Å²) in [5.74, 6) is -2.44. The van der Waals surface area contributed by atoms with Gasteiger partial charge in [0.15, 0.2) is 0 Å². The Morgan fingerprint density at radius 1 is 1.00 bits per heavy atom. The van der Waals surface area contributed by atoms with Crippen LogP contribution in [-0.4, -0.2) is 68.2 Å². The molecular formula is C4H10CaN2O5. The van der Waals surface area contributed by atoms with Crippen molar-refractivity contribution in [3.63, 3.8) is 0 Å². The molecule has 0 aliphatic rings. The van der Waals surface area contributed by atoms with Gasteiger partial charge in [0.05, 0.1) is 11.9 Å². The molecule has 8 heteroatoms. The van der Waals surface area contributed by atoms with Crippen molar-refractivity contribution in [3.8, 4) is 0 Å². The Labute approximate surface area is 99.0 Å². The van der Waals surface area contributed by atoms with Crippen LogP contribution in [0.1, 0.15) is 0 Å². The van der Waals surface area contributed by atoms with Crippen LogP contribution in [0.4, 0.5) is 0 Å². The van der Waals surface area contributed by atoms with E-state index in [4.69, 9.17) is 19.8 Å². The zero-order chi connectivity index (χ0) is 8.57. The van der Waals surface area contributed by atoms with Crippen molar-refractivity contribution in [1.82, 2.24) is 0 Å². The Balaban J connectivity index is -0.0000000457. The molecule has 0 amide bonds. The predicted octanol–water partition coefficient (Wildman–Crippen LogP) is -5.82. The molecule has 0 aliphatic heterocycles. The van der Waals surface area contributed by atoms with Gasteiger partial charge in [0, 0.05) is 13.1 Å². The van der Waals surface area contributed by atoms with Crippen LogP contribution in [0.15, 0.2) is 0 Å². The maximum Gasteiger partial charge on any atom is 2.00 e. The third kappa shape index (κ3) is 49.9. The molecule has 12 heavy (non-hydrogen) atoms. The Morgan fingerprint density at radius 3 is 1.08 bits per heavy atom. The standard InChI is InChI=1S/2C2H5NO2.Ca.H2O/c2*3-1-2(4)5;;/h2*1,3H2,(H,4,5);;1H2/q;;+2;/p-2. The van der Waals surface area contributed by atoms with Gasteiger partial charge in [0.2, 0.25) is 0 Å². The van der Waals surface area contributed by atoms with E-state index in [0.717, 1.165) is 0 Å². The topological polar surface area (TPSA) is 164 Å². The molecule has 0 bridgehead atoms. The molecule has 0 aromatic rings. The number of hydrogen-bond acceptors (Lipinski definition) is 6. The summed E-state index contributed by atoms with van der Waals surface area (Å²) >= 11 is 0. The van der Waals surface area contributed by atoms with Gasteiger partial charge in [-0.2, -0.15) is 0 Å². The van der Waals surface area contributed by atoms with Gasteiger partial charge in [0.25, 0.3) is 0 Å². The maximum atomic E-state index is 9.13. The number of carbonyl (C=O) groups is 2. The van der Waals surface area contributed by atoms with Crippen LogP contribution in [-0.2, 0) is 9.59 Å². The second-order valence-electron chi connectivity index (χ2n) is 1.15. The van der Waals surface area contributed by atoms with Gasteiger partial charge in [-0.15, -0.1) is 0 Å². The van der Waals surface area contributed by atoms with E-state index in [1.165, 1.54) is 0 Å². The van der Waals surface area contributed by atoms with E-state index < -0.39 is 11.9 Å². The molecule has 0 atom stereocenters. The molecule has 0 saturated carbocycles. The van der Waals surface area contributed by atoms with E-state index in [1.807, 2.05) is 0 Å². The monoisotopic (exact) mass is 206 g/mol. The molecule has 68 valence electrons. The average molecular weight is 206 g/mol. The van der Waals surface area contributed by atoms with E-state index >= 15 is 0 Å². The van der Waals surface area contributed by atoms with Crippen LogP contribution < -0.4 is 21.7 Å². The van der Waals surface area contributed by atoms with Gasteiger partial charge in [0.1, 0.15) is 0 Å². The van der Waals surface area contributed by atoms with Gasteiger partial charge in [-0.1, -0.05) is 0 Å². The minimum absolute atomic E-state index is 0. The molecule has 0 aliphatic carbocycles. The first-order chi connectivity index (χ1) is 4.54. The van der Waals surface area contributed by atoms with Gasteiger partial charge < -0.3 is 36.7 Å². The normalized spacial score (nSPS) is 6.17. The van der Waals surface area contributed by atoms with E-state index in [0.29, 0.717) is 0 Å². The second-order valence-corrected chi connectivity index (χ2v) is 1.15. The van der Waals surface area contributed by atoms with E-state index in [-0.39, 0.29) is 56.3 Å². The van der Waals surface area contributed by atoms with E-state index in [2.05, 4.69) is 11.5 Å². The zero-order valence-electron chi connectivity index (χ0n) is 6.41. The number of aliphatic carboxylic acids is 2. The smallest absolute Gasteiger partial charge is 0.549 e. The Hall–Kier alpha value is 0.0797. The number of carboxylic acid groups (broad SMARTS) is 2. The molecule has 0 aromatic carbocycles. The van der Waals surface area contributed by atoms with Crippen molar-refractivity contribution in [2.75, 3.05) is 13.1 Å². The van der Waals surface area contributed by atoms with Crippen LogP contribution in [0.3, 0.4) is 0 Å². The quantitative estimate of drug-likeness (QED) is 0.427. The molecular weight excluding hydrogens is 196 g/mol. The van der Waals surface area contributed by atoms with Crippen molar-refractivity contribution in [2.45, 2.75) is 0 Å². The molecule has 6 N–H and O–H groups in total. The summed E-state index contributed by atoms with van der Waals surface area (Å²) in [6.45, 7) is -0.778. The molecule has 7 nitrogen and oxygen atoms in total. The second kappa shape index (κ2) is 17.2. The molecule has 0 fully saturated rings. The molecule has 0 heterocycles. The number of hydrogen-bond donors (Lipinski definition) is 2. The SMILES string of the molecule is NCC(=O)[O-].NCC(=O)[O-].O.[Ca+2]. The van der Waals surface area contributed by atoms with Gasteiger partial charge in [-0.05, 0) is 0 Å². The number of carbonyl (C=O) groups excluding carboxylic acids is 2. The maximum absolute atomic E-state index is 9.13. The molecule has 0 saturated heterocycles. The van der Waals surface area contributed by atoms with Crippen LogP contribution in [0, 0.1) is 0 Å². The summed E-state index contributed by atoms with van der Waals surface area (Å²) in [4.78, 5) is 18.3. The van der Waals surface area contributed by atoms with Crippen molar-refractivity contribution in [3.05, 3.63) is 0 Å². The molecule has 0 unspecified atom stereocenters. The Bertz CT molecular complexity index is 106. The summed E-state index contributed by atoms with van der Waals surface area (Å²) in [6, 6.07) is 0. The third-order valence-electron chi connectivity index (χ3n) is 0.333. The molecule has 0 spiro atoms. The first-order valence-corrected chi connectivity index (χ1v) is 2.34. The minimum Gasteiger partial charge on any atom is -0.549 e. The Kier molecular flexibility index (Phi) is 32.6. The van der Waals surface area contributed by atoms with Crippen LogP contribution in [0.25, 0.3) is 0 Å². The van der Waals surface area contributed by atoms with Crippen molar-refractivity contribution >= 4 is 49.7 Å². The number of carboxylic acids is 2. The number of nitrogens with two attached hydrogens (primary N) is 2. The van der Waals surface area contributed by atoms with Crippen LogP contribution >= 0.6 is 0 Å². The van der Waals surface area contributed by atoms with Crippen molar-refractivity contribution in [2.24, 2.45) is 11.5 Å². The molecule has 0 radical (unpaired) electrons. The average Bonchev–Trinajstić information content (AvgIpc) is 1.89. The van der Waals surface area contributed by atoms with Crippen molar-refractivity contribution < 1.29 is 25.3 Å². The fourth-order valence-electron chi connectivity index (χ4n) is 0. The fraction of sp³-hybridized carbons (Fsp3) is 0.500. The minimum atomic E-state index is -1.22. The summed E-state index contributed by atoms with van der Waals surface area (Å²) in [6.07, 6.45) is 0. The number of rotatable bonds is 2. The van der Waals surface area contributed by atoms with E-state index in [9.17, 15) is 0 Å².